The van der Waals surface area contributed by atoms with Gasteiger partial charge in [0.2, 0.25) is 17.7 Å². The van der Waals surface area contributed by atoms with E-state index in [0.29, 0.717) is 21.2 Å². The molecule has 2 aliphatic heterocycles. The minimum Gasteiger partial charge on any atom is -0.325 e. The molecule has 2 aliphatic rings. The zero-order valence-electron chi connectivity index (χ0n) is 21.2. The lowest BCUT2D eigenvalue weighted by Crippen LogP contribution is -2.33. The van der Waals surface area contributed by atoms with E-state index in [1.807, 2.05) is 18.2 Å². The van der Waals surface area contributed by atoms with Crippen molar-refractivity contribution in [2.45, 2.75) is 22.7 Å². The van der Waals surface area contributed by atoms with Gasteiger partial charge in [0.1, 0.15) is 17.6 Å². The highest BCUT2D eigenvalue weighted by Gasteiger charge is 2.56. The summed E-state index contributed by atoms with van der Waals surface area (Å²) < 4.78 is 15.3. The number of halogens is 2. The normalized spacial score (nSPS) is 19.4. The number of nitrogens with zero attached hydrogens (tertiary/aromatic N) is 3. The van der Waals surface area contributed by atoms with Gasteiger partial charge in [0.05, 0.1) is 21.6 Å². The van der Waals surface area contributed by atoms with Crippen LogP contribution in [0.25, 0.3) is 0 Å². The first-order valence-corrected chi connectivity index (χ1v) is 14.9. The number of thioether (sulfide) groups is 1. The summed E-state index contributed by atoms with van der Waals surface area (Å²) in [6.07, 6.45) is 0. The van der Waals surface area contributed by atoms with Crippen LogP contribution in [0.4, 0.5) is 21.5 Å². The van der Waals surface area contributed by atoms with Crippen molar-refractivity contribution in [3.8, 4) is 0 Å². The molecule has 212 valence electrons. The van der Waals surface area contributed by atoms with Crippen LogP contribution >= 0.6 is 39.0 Å². The van der Waals surface area contributed by atoms with E-state index in [-0.39, 0.29) is 17.9 Å². The molecule has 0 spiro atoms. The lowest BCUT2D eigenvalue weighted by atomic mass is 9.83. The molecule has 0 unspecified atom stereocenters. The van der Waals surface area contributed by atoms with Crippen LogP contribution in [0.5, 0.6) is 0 Å². The van der Waals surface area contributed by atoms with E-state index >= 15 is 0 Å². The van der Waals surface area contributed by atoms with Gasteiger partial charge < -0.3 is 5.32 Å². The van der Waals surface area contributed by atoms with Gasteiger partial charge in [-0.25, -0.2) is 9.29 Å². The number of hydrogen-bond acceptors (Lipinski definition) is 8. The quantitative estimate of drug-likeness (QED) is 0.171. The highest BCUT2D eigenvalue weighted by Crippen LogP contribution is 2.54. The average Bonchev–Trinajstić information content (AvgIpc) is 3.40. The Hall–Kier alpha value is -4.14. The Morgan fingerprint density at radius 2 is 1.74 bits per heavy atom. The average molecular weight is 670 g/mol. The van der Waals surface area contributed by atoms with Gasteiger partial charge in [-0.2, -0.15) is 0 Å². The maximum Gasteiger partial charge on any atom is 0.308 e. The number of nitro groups is 1. The molecule has 14 heteroatoms. The van der Waals surface area contributed by atoms with Crippen molar-refractivity contribution in [1.29, 1.82) is 0 Å². The van der Waals surface area contributed by atoms with E-state index in [1.54, 1.807) is 6.07 Å². The van der Waals surface area contributed by atoms with Gasteiger partial charge in [0.15, 0.2) is 0 Å². The maximum atomic E-state index is 13.9. The van der Waals surface area contributed by atoms with E-state index in [9.17, 15) is 33.7 Å². The summed E-state index contributed by atoms with van der Waals surface area (Å²) >= 11 is 5.43. The van der Waals surface area contributed by atoms with Crippen molar-refractivity contribution in [3.05, 3.63) is 113 Å². The largest absolute Gasteiger partial charge is 0.325 e. The highest BCUT2D eigenvalue weighted by molar-refractivity contribution is 9.10. The summed E-state index contributed by atoms with van der Waals surface area (Å²) in [5, 5.41) is 13.3. The van der Waals surface area contributed by atoms with Crippen LogP contribution in [-0.4, -0.2) is 32.5 Å². The molecule has 3 heterocycles. The lowest BCUT2D eigenvalue weighted by Gasteiger charge is -2.30. The number of imide groups is 1. The van der Waals surface area contributed by atoms with Crippen molar-refractivity contribution >= 4 is 73.8 Å². The second-order valence-corrected chi connectivity index (χ2v) is 12.6. The third-order valence-corrected chi connectivity index (χ3v) is 10.1. The molecule has 6 rings (SSSR count). The van der Waals surface area contributed by atoms with Crippen LogP contribution in [0.2, 0.25) is 0 Å². The zero-order valence-corrected chi connectivity index (χ0v) is 24.4. The fourth-order valence-corrected chi connectivity index (χ4v) is 8.36. The minimum absolute atomic E-state index is 0.179. The second-order valence-electron chi connectivity index (χ2n) is 9.56. The first kappa shape index (κ1) is 28.0. The number of nitro benzene ring substituents is 1. The number of thiazole rings is 1. The van der Waals surface area contributed by atoms with Crippen LogP contribution < -0.4 is 15.1 Å². The molecule has 3 amide bonds. The Bertz CT molecular complexity index is 1830. The Morgan fingerprint density at radius 1 is 1.02 bits per heavy atom. The SMILES string of the molecule is O=C(Cn1c2c(sc1=O)[C@@H](c1cccc(Br)c1)[C@@H]1C(=O)N(c3ccc([N+](=O)[O-])cc3)C(=O)[C@@H]1S2)Nc1ccc(F)cc1. The molecule has 1 fully saturated rings. The van der Waals surface area contributed by atoms with Gasteiger partial charge in [0.25, 0.3) is 5.69 Å². The molecule has 42 heavy (non-hydrogen) atoms. The van der Waals surface area contributed by atoms with E-state index in [0.717, 1.165) is 32.5 Å². The summed E-state index contributed by atoms with van der Waals surface area (Å²) in [5.74, 6) is -3.51. The summed E-state index contributed by atoms with van der Waals surface area (Å²) in [4.78, 5) is 65.6. The monoisotopic (exact) mass is 668 g/mol. The number of anilines is 2. The number of aromatic nitrogens is 1. The molecule has 1 saturated heterocycles. The van der Waals surface area contributed by atoms with E-state index in [1.165, 1.54) is 53.1 Å². The van der Waals surface area contributed by atoms with Crippen molar-refractivity contribution in [1.82, 2.24) is 4.57 Å². The summed E-state index contributed by atoms with van der Waals surface area (Å²) in [6, 6.07) is 17.6. The standard InChI is InChI=1S/C28H18BrFN4O6S2/c29-15-3-1-2-14(12-15)21-22-23(26(37)33(25(22)36)18-8-10-19(11-9-18)34(39)40)41-27-24(21)42-28(38)32(27)13-20(35)31-17-6-4-16(30)5-7-17/h1-12,21-23H,13H2,(H,31,35)/t21-,22-,23+/m0/s1. The number of amides is 3. The van der Waals surface area contributed by atoms with Crippen molar-refractivity contribution in [2.75, 3.05) is 10.2 Å². The van der Waals surface area contributed by atoms with Gasteiger partial charge in [-0.1, -0.05) is 51.2 Å². The fraction of sp³-hybridized carbons (Fsp3) is 0.143. The predicted molar refractivity (Wildman–Crippen MR) is 158 cm³/mol. The lowest BCUT2D eigenvalue weighted by molar-refractivity contribution is -0.384. The third-order valence-electron chi connectivity index (χ3n) is 7.01. The molecule has 1 N–H and O–H groups in total. The number of carbonyl (C=O) groups excluding carboxylic acids is 3. The number of nitrogens with one attached hydrogen (secondary N) is 1. The van der Waals surface area contributed by atoms with E-state index in [4.69, 9.17) is 0 Å². The molecule has 0 aliphatic carbocycles. The van der Waals surface area contributed by atoms with Gasteiger partial charge in [0, 0.05) is 33.1 Å². The second kappa shape index (κ2) is 10.9. The molecule has 0 saturated carbocycles. The van der Waals surface area contributed by atoms with E-state index < -0.39 is 50.4 Å². The van der Waals surface area contributed by atoms with Gasteiger partial charge in [-0.15, -0.1) is 0 Å². The Balaban J connectivity index is 1.40. The molecule has 0 bridgehead atoms. The predicted octanol–water partition coefficient (Wildman–Crippen LogP) is 5.15. The number of carbonyl (C=O) groups is 3. The van der Waals surface area contributed by atoms with Crippen LogP contribution in [0.3, 0.4) is 0 Å². The molecule has 4 aromatic rings. The molecular formula is C28H18BrFN4O6S2. The maximum absolute atomic E-state index is 13.9. The van der Waals surface area contributed by atoms with Crippen molar-refractivity contribution < 1.29 is 23.7 Å². The number of hydrogen-bond donors (Lipinski definition) is 1. The number of non-ortho nitro benzene ring substituents is 1. The molecule has 3 atom stereocenters. The van der Waals surface area contributed by atoms with Gasteiger partial charge >= 0.3 is 4.87 Å². The fourth-order valence-electron chi connectivity index (χ4n) is 5.17. The highest BCUT2D eigenvalue weighted by atomic mass is 79.9. The van der Waals surface area contributed by atoms with Gasteiger partial charge in [-0.05, 0) is 54.1 Å². The van der Waals surface area contributed by atoms with Crippen LogP contribution in [0, 0.1) is 21.8 Å². The summed E-state index contributed by atoms with van der Waals surface area (Å²) in [5.41, 5.74) is 1.09. The Morgan fingerprint density at radius 3 is 2.40 bits per heavy atom. The molecular weight excluding hydrogens is 651 g/mol. The van der Waals surface area contributed by atoms with Crippen LogP contribution in [0.1, 0.15) is 16.4 Å². The van der Waals surface area contributed by atoms with Crippen LogP contribution in [0.15, 0.2) is 87.1 Å². The van der Waals surface area contributed by atoms with Crippen molar-refractivity contribution in [3.63, 3.8) is 0 Å². The van der Waals surface area contributed by atoms with Gasteiger partial charge in [-0.3, -0.25) is 33.9 Å². The minimum atomic E-state index is -0.912. The first-order chi connectivity index (χ1) is 20.1. The molecule has 10 nitrogen and oxygen atoms in total. The number of benzene rings is 3. The Labute approximate surface area is 253 Å². The van der Waals surface area contributed by atoms with E-state index in [2.05, 4.69) is 21.2 Å². The first-order valence-electron chi connectivity index (χ1n) is 12.5. The smallest absolute Gasteiger partial charge is 0.308 e. The zero-order chi connectivity index (χ0) is 29.7. The molecule has 3 aromatic carbocycles. The summed E-state index contributed by atoms with van der Waals surface area (Å²) in [7, 11) is 0. The Kier molecular flexibility index (Phi) is 7.29. The topological polar surface area (TPSA) is 132 Å². The number of rotatable bonds is 6. The third kappa shape index (κ3) is 4.95. The number of fused-ring (bicyclic) bond motifs is 2. The van der Waals surface area contributed by atoms with Crippen LogP contribution in [-0.2, 0) is 20.9 Å². The molecule has 0 radical (unpaired) electrons. The molecule has 1 aromatic heterocycles. The van der Waals surface area contributed by atoms with Crippen molar-refractivity contribution in [2.24, 2.45) is 5.92 Å². The summed E-state index contributed by atoms with van der Waals surface area (Å²) in [6.45, 7) is -0.355.